The van der Waals surface area contributed by atoms with Crippen LogP contribution in [0.1, 0.15) is 17.2 Å². The van der Waals surface area contributed by atoms with Crippen LogP contribution in [0.3, 0.4) is 0 Å². The van der Waals surface area contributed by atoms with Crippen LogP contribution in [0.4, 0.5) is 9.18 Å². The first kappa shape index (κ1) is 17.8. The maximum absolute atomic E-state index is 13.4. The normalized spacial score (nSPS) is 21.7. The molecule has 2 atom stereocenters. The third-order valence-electron chi connectivity index (χ3n) is 4.44. The molecular formula is C19H13Cl2FN2O3. The van der Waals surface area contributed by atoms with E-state index in [0.29, 0.717) is 21.2 Å². The van der Waals surface area contributed by atoms with Gasteiger partial charge < -0.3 is 14.0 Å². The molecule has 2 heterocycles. The number of cyclic esters (lactones) is 2. The van der Waals surface area contributed by atoms with Crippen molar-refractivity contribution < 1.29 is 18.7 Å². The second-order valence-electron chi connectivity index (χ2n) is 6.15. The summed E-state index contributed by atoms with van der Waals surface area (Å²) in [5.41, 5.74) is -0.173. The Kier molecular flexibility index (Phi) is 4.53. The number of ether oxygens (including phenoxy) is 2. The van der Waals surface area contributed by atoms with E-state index in [4.69, 9.17) is 32.7 Å². The molecule has 0 amide bonds. The Hall–Kier alpha value is -2.57. The van der Waals surface area contributed by atoms with Crippen molar-refractivity contribution in [3.05, 3.63) is 88.2 Å². The van der Waals surface area contributed by atoms with Gasteiger partial charge in [-0.2, -0.15) is 0 Å². The van der Waals surface area contributed by atoms with E-state index in [0.717, 1.165) is 0 Å². The van der Waals surface area contributed by atoms with Crippen molar-refractivity contribution in [3.8, 4) is 0 Å². The minimum absolute atomic E-state index is 0.197. The van der Waals surface area contributed by atoms with Gasteiger partial charge in [0.2, 0.25) is 5.60 Å². The van der Waals surface area contributed by atoms with Crippen molar-refractivity contribution in [1.82, 2.24) is 9.55 Å². The molecule has 0 spiro atoms. The third kappa shape index (κ3) is 3.26. The summed E-state index contributed by atoms with van der Waals surface area (Å²) >= 11 is 12.5. The monoisotopic (exact) mass is 406 g/mol. The van der Waals surface area contributed by atoms with E-state index in [-0.39, 0.29) is 6.54 Å². The SMILES string of the molecule is O=C1OC(c2ccc(F)cc2)C(Cn2ccnc2)(c2ccc(Cl)cc2Cl)O1. The molecule has 2 unspecified atom stereocenters. The number of benzene rings is 2. The van der Waals surface area contributed by atoms with Gasteiger partial charge in [0.1, 0.15) is 5.82 Å². The summed E-state index contributed by atoms with van der Waals surface area (Å²) in [5.74, 6) is -0.395. The number of rotatable bonds is 4. The Morgan fingerprint density at radius 1 is 1.19 bits per heavy atom. The number of carbonyl (C=O) groups excluding carboxylic acids is 1. The fourth-order valence-electron chi connectivity index (χ4n) is 3.27. The molecule has 1 saturated heterocycles. The zero-order chi connectivity index (χ0) is 19.0. The molecule has 0 bridgehead atoms. The lowest BCUT2D eigenvalue weighted by Gasteiger charge is -2.32. The molecule has 0 N–H and O–H groups in total. The zero-order valence-electron chi connectivity index (χ0n) is 13.8. The van der Waals surface area contributed by atoms with Crippen LogP contribution in [0.25, 0.3) is 0 Å². The Balaban J connectivity index is 1.89. The highest BCUT2D eigenvalue weighted by Gasteiger charge is 2.54. The van der Waals surface area contributed by atoms with E-state index in [9.17, 15) is 9.18 Å². The van der Waals surface area contributed by atoms with E-state index < -0.39 is 23.7 Å². The van der Waals surface area contributed by atoms with E-state index in [1.165, 1.54) is 12.1 Å². The zero-order valence-corrected chi connectivity index (χ0v) is 15.3. The van der Waals surface area contributed by atoms with Crippen molar-refractivity contribution in [2.45, 2.75) is 18.2 Å². The Morgan fingerprint density at radius 2 is 1.96 bits per heavy atom. The average molecular weight is 407 g/mol. The fourth-order valence-corrected chi connectivity index (χ4v) is 3.84. The van der Waals surface area contributed by atoms with Crippen molar-refractivity contribution >= 4 is 29.4 Å². The molecule has 0 saturated carbocycles. The van der Waals surface area contributed by atoms with Gasteiger partial charge in [-0.3, -0.25) is 0 Å². The third-order valence-corrected chi connectivity index (χ3v) is 4.99. The predicted molar refractivity (Wildman–Crippen MR) is 97.1 cm³/mol. The number of hydrogen-bond acceptors (Lipinski definition) is 4. The Labute approximate surface area is 164 Å². The lowest BCUT2D eigenvalue weighted by Crippen LogP contribution is -2.36. The number of halogens is 3. The van der Waals surface area contributed by atoms with Crippen LogP contribution in [0.2, 0.25) is 10.0 Å². The smallest absolute Gasteiger partial charge is 0.421 e. The second kappa shape index (κ2) is 6.87. The van der Waals surface area contributed by atoms with Crippen molar-refractivity contribution in [3.63, 3.8) is 0 Å². The lowest BCUT2D eigenvalue weighted by molar-refractivity contribution is 0.00678. The molecule has 0 aliphatic carbocycles. The maximum Gasteiger partial charge on any atom is 0.510 e. The van der Waals surface area contributed by atoms with Crippen molar-refractivity contribution in [2.24, 2.45) is 0 Å². The molecule has 27 heavy (non-hydrogen) atoms. The number of nitrogens with zero attached hydrogens (tertiary/aromatic N) is 2. The summed E-state index contributed by atoms with van der Waals surface area (Å²) in [4.78, 5) is 16.2. The first-order chi connectivity index (χ1) is 13.0. The Morgan fingerprint density at radius 3 is 2.63 bits per heavy atom. The molecule has 2 aromatic carbocycles. The van der Waals surface area contributed by atoms with Crippen LogP contribution in [0.15, 0.2) is 61.2 Å². The molecule has 1 fully saturated rings. The van der Waals surface area contributed by atoms with Gasteiger partial charge in [-0.25, -0.2) is 14.2 Å². The van der Waals surface area contributed by atoms with E-state index in [1.54, 1.807) is 53.6 Å². The summed E-state index contributed by atoms with van der Waals surface area (Å²) in [6.45, 7) is 0.197. The highest BCUT2D eigenvalue weighted by molar-refractivity contribution is 6.35. The number of hydrogen-bond donors (Lipinski definition) is 0. The van der Waals surface area contributed by atoms with Gasteiger partial charge in [0.25, 0.3) is 0 Å². The molecular weight excluding hydrogens is 394 g/mol. The maximum atomic E-state index is 13.4. The molecule has 0 radical (unpaired) electrons. The minimum Gasteiger partial charge on any atom is -0.421 e. The van der Waals surface area contributed by atoms with Crippen LogP contribution in [0, 0.1) is 5.82 Å². The summed E-state index contributed by atoms with van der Waals surface area (Å²) in [7, 11) is 0. The Bertz CT molecular complexity index is 979. The first-order valence-corrected chi connectivity index (χ1v) is 8.80. The molecule has 1 aromatic heterocycles. The van der Waals surface area contributed by atoms with Crippen LogP contribution < -0.4 is 0 Å². The summed E-state index contributed by atoms with van der Waals surface area (Å²) in [5, 5.41) is 0.776. The topological polar surface area (TPSA) is 53.4 Å². The summed E-state index contributed by atoms with van der Waals surface area (Å²) < 4.78 is 26.3. The average Bonchev–Trinajstić information content (AvgIpc) is 3.24. The van der Waals surface area contributed by atoms with E-state index >= 15 is 0 Å². The highest BCUT2D eigenvalue weighted by Crippen LogP contribution is 2.50. The number of aromatic nitrogens is 2. The quantitative estimate of drug-likeness (QED) is 0.563. The standard InChI is InChI=1S/C19H13Cl2FN2O3/c20-13-3-6-15(16(21)9-13)19(10-24-8-7-23-11-24)17(26-18(25)27-19)12-1-4-14(22)5-2-12/h1-9,11,17H,10H2. The summed E-state index contributed by atoms with van der Waals surface area (Å²) in [6.07, 6.45) is 3.27. The van der Waals surface area contributed by atoms with Crippen LogP contribution >= 0.6 is 23.2 Å². The summed E-state index contributed by atoms with van der Waals surface area (Å²) in [6, 6.07) is 10.6. The van der Waals surface area contributed by atoms with E-state index in [2.05, 4.69) is 4.98 Å². The van der Waals surface area contributed by atoms with Crippen molar-refractivity contribution in [1.29, 1.82) is 0 Å². The molecule has 4 rings (SSSR count). The lowest BCUT2D eigenvalue weighted by atomic mass is 9.84. The highest BCUT2D eigenvalue weighted by atomic mass is 35.5. The van der Waals surface area contributed by atoms with Crippen LogP contribution in [0.5, 0.6) is 0 Å². The van der Waals surface area contributed by atoms with Crippen LogP contribution in [-0.4, -0.2) is 15.7 Å². The molecule has 1 aliphatic rings. The van der Waals surface area contributed by atoms with Gasteiger partial charge in [0.15, 0.2) is 6.10 Å². The molecule has 138 valence electrons. The van der Waals surface area contributed by atoms with Gasteiger partial charge in [0.05, 0.1) is 12.9 Å². The van der Waals surface area contributed by atoms with Gasteiger partial charge in [0, 0.05) is 28.0 Å². The molecule has 3 aromatic rings. The second-order valence-corrected chi connectivity index (χ2v) is 6.99. The fraction of sp³-hybridized carbons (Fsp3) is 0.158. The van der Waals surface area contributed by atoms with Gasteiger partial charge in [-0.15, -0.1) is 0 Å². The number of carbonyl (C=O) groups is 1. The first-order valence-electron chi connectivity index (χ1n) is 8.04. The molecule has 5 nitrogen and oxygen atoms in total. The van der Waals surface area contributed by atoms with Gasteiger partial charge in [-0.1, -0.05) is 41.4 Å². The van der Waals surface area contributed by atoms with Crippen LogP contribution in [-0.2, 0) is 21.6 Å². The molecule has 1 aliphatic heterocycles. The van der Waals surface area contributed by atoms with Crippen molar-refractivity contribution in [2.75, 3.05) is 0 Å². The minimum atomic E-state index is -1.28. The van der Waals surface area contributed by atoms with Gasteiger partial charge in [-0.05, 0) is 29.8 Å². The molecule has 8 heteroatoms. The van der Waals surface area contributed by atoms with E-state index in [1.807, 2.05) is 0 Å². The largest absolute Gasteiger partial charge is 0.510 e. The predicted octanol–water partition coefficient (Wildman–Crippen LogP) is 5.13. The van der Waals surface area contributed by atoms with Gasteiger partial charge >= 0.3 is 6.16 Å². The number of imidazole rings is 1.